The molecule has 19 heavy (non-hydrogen) atoms. The molecule has 1 aliphatic carbocycles. The molecule has 0 amide bonds. The van der Waals surface area contributed by atoms with Gasteiger partial charge in [0, 0.05) is 18.0 Å². The molecule has 0 spiro atoms. The Morgan fingerprint density at radius 3 is 2.32 bits per heavy atom. The van der Waals surface area contributed by atoms with Crippen molar-refractivity contribution in [3.8, 4) is 12.3 Å². The number of hydrogen-bond donors (Lipinski definition) is 1. The predicted octanol–water partition coefficient (Wildman–Crippen LogP) is 3.42. The molecule has 1 aliphatic rings. The molecule has 110 valence electrons. The van der Waals surface area contributed by atoms with Crippen molar-refractivity contribution in [3.63, 3.8) is 0 Å². The minimum absolute atomic E-state index is 0.383. The van der Waals surface area contributed by atoms with Gasteiger partial charge in [0.05, 0.1) is 0 Å². The van der Waals surface area contributed by atoms with Gasteiger partial charge < -0.3 is 5.32 Å². The molecule has 0 aliphatic heterocycles. The van der Waals surface area contributed by atoms with Crippen molar-refractivity contribution in [3.05, 3.63) is 0 Å². The van der Waals surface area contributed by atoms with Gasteiger partial charge in [-0.3, -0.25) is 4.90 Å². The highest BCUT2D eigenvalue weighted by Gasteiger charge is 2.43. The number of terminal acetylenes is 1. The Morgan fingerprint density at radius 1 is 1.21 bits per heavy atom. The van der Waals surface area contributed by atoms with Gasteiger partial charge in [-0.15, -0.1) is 12.3 Å². The van der Waals surface area contributed by atoms with E-state index in [-0.39, 0.29) is 0 Å². The van der Waals surface area contributed by atoms with E-state index in [2.05, 4.69) is 36.9 Å². The molecule has 1 atom stereocenters. The van der Waals surface area contributed by atoms with Crippen LogP contribution < -0.4 is 5.32 Å². The maximum atomic E-state index is 5.41. The quantitative estimate of drug-likeness (QED) is 0.507. The number of rotatable bonds is 9. The van der Waals surface area contributed by atoms with E-state index in [0.717, 1.165) is 32.5 Å². The second kappa shape index (κ2) is 8.61. The molecular formula is C17H32N2. The predicted molar refractivity (Wildman–Crippen MR) is 84.3 cm³/mol. The van der Waals surface area contributed by atoms with Crippen LogP contribution in [0.1, 0.15) is 65.7 Å². The first-order chi connectivity index (χ1) is 9.25. The van der Waals surface area contributed by atoms with Crippen LogP contribution in [0.2, 0.25) is 0 Å². The lowest BCUT2D eigenvalue weighted by Crippen LogP contribution is -2.59. The van der Waals surface area contributed by atoms with Gasteiger partial charge >= 0.3 is 0 Å². The number of hydrogen-bond acceptors (Lipinski definition) is 2. The molecule has 0 aromatic rings. The van der Waals surface area contributed by atoms with Crippen LogP contribution >= 0.6 is 0 Å². The van der Waals surface area contributed by atoms with Crippen molar-refractivity contribution in [2.75, 3.05) is 19.6 Å². The van der Waals surface area contributed by atoms with E-state index in [1.807, 2.05) is 0 Å². The minimum Gasteiger partial charge on any atom is -0.312 e. The van der Waals surface area contributed by atoms with Gasteiger partial charge in [-0.05, 0) is 45.3 Å². The van der Waals surface area contributed by atoms with E-state index in [0.29, 0.717) is 11.6 Å². The topological polar surface area (TPSA) is 15.3 Å². The average Bonchev–Trinajstić information content (AvgIpc) is 2.90. The Kier molecular flexibility index (Phi) is 7.49. The van der Waals surface area contributed by atoms with Gasteiger partial charge in [-0.2, -0.15) is 0 Å². The standard InChI is InChI=1S/C17H32N2/c1-5-9-10-13-16(18-6-2)17(14-11-12-15-17)19(7-3)8-4/h1,16,18H,6-15H2,2-4H3. The summed E-state index contributed by atoms with van der Waals surface area (Å²) in [6.45, 7) is 10.2. The summed E-state index contributed by atoms with van der Waals surface area (Å²) in [5.41, 5.74) is 0.383. The molecule has 0 saturated heterocycles. The lowest BCUT2D eigenvalue weighted by atomic mass is 9.83. The average molecular weight is 264 g/mol. The lowest BCUT2D eigenvalue weighted by Gasteiger charge is -2.47. The molecule has 0 aromatic heterocycles. The molecule has 0 aromatic carbocycles. The van der Waals surface area contributed by atoms with Crippen molar-refractivity contribution in [1.82, 2.24) is 10.2 Å². The van der Waals surface area contributed by atoms with E-state index in [9.17, 15) is 0 Å². The molecule has 1 unspecified atom stereocenters. The smallest absolute Gasteiger partial charge is 0.0362 e. The number of nitrogens with zero attached hydrogens (tertiary/aromatic N) is 1. The van der Waals surface area contributed by atoms with Gasteiger partial charge in [0.25, 0.3) is 0 Å². The van der Waals surface area contributed by atoms with Crippen molar-refractivity contribution >= 4 is 0 Å². The fourth-order valence-electron chi connectivity index (χ4n) is 3.94. The molecule has 0 bridgehead atoms. The summed E-state index contributed by atoms with van der Waals surface area (Å²) in [5.74, 6) is 2.78. The third kappa shape index (κ3) is 3.97. The summed E-state index contributed by atoms with van der Waals surface area (Å²) in [4.78, 5) is 2.70. The summed E-state index contributed by atoms with van der Waals surface area (Å²) in [5, 5.41) is 3.76. The van der Waals surface area contributed by atoms with Crippen molar-refractivity contribution in [2.24, 2.45) is 0 Å². The van der Waals surface area contributed by atoms with E-state index in [4.69, 9.17) is 6.42 Å². The lowest BCUT2D eigenvalue weighted by molar-refractivity contribution is 0.0596. The molecule has 2 nitrogen and oxygen atoms in total. The minimum atomic E-state index is 0.383. The van der Waals surface area contributed by atoms with Crippen molar-refractivity contribution in [1.29, 1.82) is 0 Å². The Morgan fingerprint density at radius 2 is 1.84 bits per heavy atom. The monoisotopic (exact) mass is 264 g/mol. The van der Waals surface area contributed by atoms with Crippen LogP contribution in [0.4, 0.5) is 0 Å². The second-order valence-corrected chi connectivity index (χ2v) is 5.69. The normalized spacial score (nSPS) is 19.5. The molecule has 0 heterocycles. The highest BCUT2D eigenvalue weighted by molar-refractivity contribution is 5.03. The second-order valence-electron chi connectivity index (χ2n) is 5.69. The van der Waals surface area contributed by atoms with Gasteiger partial charge in [-0.25, -0.2) is 0 Å². The molecule has 0 radical (unpaired) electrons. The van der Waals surface area contributed by atoms with Gasteiger partial charge in [0.2, 0.25) is 0 Å². The summed E-state index contributed by atoms with van der Waals surface area (Å²) >= 11 is 0. The molecular weight excluding hydrogens is 232 g/mol. The third-order valence-corrected chi connectivity index (χ3v) is 4.78. The van der Waals surface area contributed by atoms with Crippen LogP contribution in [0.15, 0.2) is 0 Å². The molecule has 1 fully saturated rings. The highest BCUT2D eigenvalue weighted by atomic mass is 15.2. The highest BCUT2D eigenvalue weighted by Crippen LogP contribution is 2.39. The fraction of sp³-hybridized carbons (Fsp3) is 0.882. The maximum Gasteiger partial charge on any atom is 0.0362 e. The van der Waals surface area contributed by atoms with Gasteiger partial charge in [0.15, 0.2) is 0 Å². The van der Waals surface area contributed by atoms with Crippen molar-refractivity contribution < 1.29 is 0 Å². The third-order valence-electron chi connectivity index (χ3n) is 4.78. The molecule has 1 rings (SSSR count). The Balaban J connectivity index is 2.81. The first kappa shape index (κ1) is 16.5. The first-order valence-corrected chi connectivity index (χ1v) is 8.17. The zero-order valence-corrected chi connectivity index (χ0v) is 13.2. The van der Waals surface area contributed by atoms with E-state index in [1.165, 1.54) is 32.1 Å². The molecule has 1 saturated carbocycles. The fourth-order valence-corrected chi connectivity index (χ4v) is 3.94. The molecule has 2 heteroatoms. The van der Waals surface area contributed by atoms with Gasteiger partial charge in [-0.1, -0.05) is 33.6 Å². The summed E-state index contributed by atoms with van der Waals surface area (Å²) < 4.78 is 0. The van der Waals surface area contributed by atoms with Crippen LogP contribution in [0, 0.1) is 12.3 Å². The number of likely N-dealkylation sites (N-methyl/N-ethyl adjacent to an activating group) is 2. The summed E-state index contributed by atoms with van der Waals surface area (Å²) in [6, 6.07) is 0.605. The number of nitrogens with one attached hydrogen (secondary N) is 1. The van der Waals surface area contributed by atoms with Gasteiger partial charge in [0.1, 0.15) is 0 Å². The van der Waals surface area contributed by atoms with Crippen LogP contribution in [0.5, 0.6) is 0 Å². The maximum absolute atomic E-state index is 5.41. The zero-order valence-electron chi connectivity index (χ0n) is 13.2. The zero-order chi connectivity index (χ0) is 14.1. The van der Waals surface area contributed by atoms with Crippen LogP contribution in [-0.2, 0) is 0 Å². The van der Waals surface area contributed by atoms with Crippen LogP contribution in [0.25, 0.3) is 0 Å². The molecule has 1 N–H and O–H groups in total. The van der Waals surface area contributed by atoms with Crippen LogP contribution in [-0.4, -0.2) is 36.1 Å². The summed E-state index contributed by atoms with van der Waals surface area (Å²) in [7, 11) is 0. The first-order valence-electron chi connectivity index (χ1n) is 8.17. The largest absolute Gasteiger partial charge is 0.312 e. The Labute approximate surface area is 120 Å². The summed E-state index contributed by atoms with van der Waals surface area (Å²) in [6.07, 6.45) is 14.2. The van der Waals surface area contributed by atoms with E-state index in [1.54, 1.807) is 0 Å². The Hall–Kier alpha value is -0.520. The van der Waals surface area contributed by atoms with E-state index >= 15 is 0 Å². The SMILES string of the molecule is C#CCCCC(NCC)C1(N(CC)CC)CCCC1. The number of unbranched alkanes of at least 4 members (excludes halogenated alkanes) is 1. The van der Waals surface area contributed by atoms with E-state index < -0.39 is 0 Å². The van der Waals surface area contributed by atoms with Crippen molar-refractivity contribution in [2.45, 2.75) is 77.3 Å². The Bertz CT molecular complexity index is 269. The van der Waals surface area contributed by atoms with Crippen LogP contribution in [0.3, 0.4) is 0 Å².